The number of esters is 1. The van der Waals surface area contributed by atoms with E-state index in [1.807, 2.05) is 0 Å². The molecular formula is C14H15ClN2O4. The van der Waals surface area contributed by atoms with Crippen molar-refractivity contribution in [2.45, 2.75) is 26.3 Å². The fourth-order valence-corrected chi connectivity index (χ4v) is 2.26. The molecule has 112 valence electrons. The molecule has 2 rings (SSSR count). The Morgan fingerprint density at radius 2 is 2.14 bits per heavy atom. The van der Waals surface area contributed by atoms with E-state index in [0.29, 0.717) is 35.5 Å². The number of aromatic amines is 1. The number of carbonyl (C=O) groups excluding carboxylic acids is 1. The van der Waals surface area contributed by atoms with Gasteiger partial charge in [-0.25, -0.2) is 4.79 Å². The molecule has 1 aromatic carbocycles. The Bertz CT molecular complexity index is 779. The van der Waals surface area contributed by atoms with Gasteiger partial charge in [0.1, 0.15) is 0 Å². The predicted molar refractivity (Wildman–Crippen MR) is 79.7 cm³/mol. The molecule has 0 aliphatic rings. The molecule has 0 aliphatic heterocycles. The minimum absolute atomic E-state index is 0.210. The summed E-state index contributed by atoms with van der Waals surface area (Å²) in [5, 5.41) is 0.821. The van der Waals surface area contributed by atoms with Crippen molar-refractivity contribution in [2.75, 3.05) is 6.61 Å². The van der Waals surface area contributed by atoms with E-state index in [4.69, 9.17) is 16.3 Å². The smallest absolute Gasteiger partial charge is 0.328 e. The highest BCUT2D eigenvalue weighted by Crippen LogP contribution is 2.15. The quantitative estimate of drug-likeness (QED) is 0.852. The van der Waals surface area contributed by atoms with Gasteiger partial charge in [-0.1, -0.05) is 11.6 Å². The van der Waals surface area contributed by atoms with Gasteiger partial charge in [0.05, 0.1) is 17.5 Å². The third-order valence-electron chi connectivity index (χ3n) is 3.03. The molecule has 0 radical (unpaired) electrons. The summed E-state index contributed by atoms with van der Waals surface area (Å²) < 4.78 is 6.24. The molecule has 0 fully saturated rings. The van der Waals surface area contributed by atoms with E-state index >= 15 is 0 Å². The summed E-state index contributed by atoms with van der Waals surface area (Å²) in [6, 6.07) is 4.72. The highest BCUT2D eigenvalue weighted by atomic mass is 35.5. The van der Waals surface area contributed by atoms with Gasteiger partial charge in [0.2, 0.25) is 0 Å². The van der Waals surface area contributed by atoms with Crippen LogP contribution in [0.3, 0.4) is 0 Å². The van der Waals surface area contributed by atoms with E-state index in [-0.39, 0.29) is 12.4 Å². The summed E-state index contributed by atoms with van der Waals surface area (Å²) in [5.41, 5.74) is -0.507. The highest BCUT2D eigenvalue weighted by molar-refractivity contribution is 6.31. The number of hydrogen-bond donors (Lipinski definition) is 1. The number of aromatic nitrogens is 2. The predicted octanol–water partition coefficient (Wildman–Crippen LogP) is 1.69. The summed E-state index contributed by atoms with van der Waals surface area (Å²) in [6.07, 6.45) is 0.647. The number of rotatable bonds is 5. The van der Waals surface area contributed by atoms with E-state index in [2.05, 4.69) is 4.98 Å². The standard InChI is InChI=1S/C14H15ClN2O4/c1-2-21-12(18)4-3-7-17-11-8-9(15)5-6-10(11)13(19)16-14(17)20/h5-6,8H,2-4,7H2,1H3,(H,16,19,20). The van der Waals surface area contributed by atoms with Crippen LogP contribution < -0.4 is 11.2 Å². The molecule has 0 saturated heterocycles. The van der Waals surface area contributed by atoms with Gasteiger partial charge in [-0.3, -0.25) is 19.1 Å². The molecule has 0 amide bonds. The summed E-state index contributed by atoms with van der Waals surface area (Å²) in [6.45, 7) is 2.36. The number of aryl methyl sites for hydroxylation is 1. The Morgan fingerprint density at radius 1 is 1.38 bits per heavy atom. The molecule has 0 aliphatic carbocycles. The molecule has 1 aromatic heterocycles. The van der Waals surface area contributed by atoms with Crippen molar-refractivity contribution in [3.8, 4) is 0 Å². The third kappa shape index (κ3) is 3.52. The van der Waals surface area contributed by atoms with Crippen LogP contribution in [-0.4, -0.2) is 22.1 Å². The Hall–Kier alpha value is -2.08. The SMILES string of the molecule is CCOC(=O)CCCn1c(=O)[nH]c(=O)c2ccc(Cl)cc21. The van der Waals surface area contributed by atoms with Gasteiger partial charge < -0.3 is 4.74 Å². The number of halogens is 1. The zero-order valence-corrected chi connectivity index (χ0v) is 12.3. The summed E-state index contributed by atoms with van der Waals surface area (Å²) in [5.74, 6) is -0.308. The van der Waals surface area contributed by atoms with Crippen molar-refractivity contribution in [3.63, 3.8) is 0 Å². The molecule has 1 N–H and O–H groups in total. The lowest BCUT2D eigenvalue weighted by molar-refractivity contribution is -0.143. The second-order valence-electron chi connectivity index (χ2n) is 4.48. The second-order valence-corrected chi connectivity index (χ2v) is 4.92. The van der Waals surface area contributed by atoms with E-state index < -0.39 is 11.2 Å². The van der Waals surface area contributed by atoms with Crippen molar-refractivity contribution in [3.05, 3.63) is 44.1 Å². The molecule has 6 nitrogen and oxygen atoms in total. The fraction of sp³-hybridized carbons (Fsp3) is 0.357. The molecule has 0 saturated carbocycles. The molecule has 21 heavy (non-hydrogen) atoms. The maximum absolute atomic E-state index is 11.9. The molecular weight excluding hydrogens is 296 g/mol. The number of hydrogen-bond acceptors (Lipinski definition) is 4. The average molecular weight is 311 g/mol. The highest BCUT2D eigenvalue weighted by Gasteiger charge is 2.09. The van der Waals surface area contributed by atoms with Crippen LogP contribution in [0.5, 0.6) is 0 Å². The fourth-order valence-electron chi connectivity index (χ4n) is 2.10. The van der Waals surface area contributed by atoms with Gasteiger partial charge in [-0.2, -0.15) is 0 Å². The van der Waals surface area contributed by atoms with Crippen LogP contribution in [0, 0.1) is 0 Å². The maximum Gasteiger partial charge on any atom is 0.328 e. The van der Waals surface area contributed by atoms with Crippen LogP contribution in [-0.2, 0) is 16.1 Å². The molecule has 0 spiro atoms. The summed E-state index contributed by atoms with van der Waals surface area (Å²) in [7, 11) is 0. The van der Waals surface area contributed by atoms with Crippen LogP contribution in [0.25, 0.3) is 10.9 Å². The van der Waals surface area contributed by atoms with Gasteiger partial charge in [0.15, 0.2) is 0 Å². The van der Waals surface area contributed by atoms with Gasteiger partial charge in [0, 0.05) is 18.0 Å². The van der Waals surface area contributed by atoms with Gasteiger partial charge >= 0.3 is 11.7 Å². The normalized spacial score (nSPS) is 10.8. The Balaban J connectivity index is 2.31. The molecule has 7 heteroatoms. The zero-order valence-electron chi connectivity index (χ0n) is 11.5. The second kappa shape index (κ2) is 6.58. The minimum atomic E-state index is -0.515. The molecule has 0 unspecified atom stereocenters. The van der Waals surface area contributed by atoms with Crippen LogP contribution in [0.2, 0.25) is 5.02 Å². The maximum atomic E-state index is 11.9. The van der Waals surface area contributed by atoms with Crippen LogP contribution in [0.1, 0.15) is 19.8 Å². The summed E-state index contributed by atoms with van der Waals surface area (Å²) >= 11 is 5.92. The lowest BCUT2D eigenvalue weighted by Gasteiger charge is -2.09. The lowest BCUT2D eigenvalue weighted by atomic mass is 10.2. The van der Waals surface area contributed by atoms with Crippen molar-refractivity contribution in [2.24, 2.45) is 0 Å². The number of nitrogens with zero attached hydrogens (tertiary/aromatic N) is 1. The van der Waals surface area contributed by atoms with Crippen LogP contribution in [0.4, 0.5) is 0 Å². The first-order valence-electron chi connectivity index (χ1n) is 6.61. The van der Waals surface area contributed by atoms with Crippen LogP contribution >= 0.6 is 11.6 Å². The molecule has 0 atom stereocenters. The molecule has 2 aromatic rings. The third-order valence-corrected chi connectivity index (χ3v) is 3.26. The van der Waals surface area contributed by atoms with Crippen molar-refractivity contribution in [1.82, 2.24) is 9.55 Å². The zero-order chi connectivity index (χ0) is 15.4. The Morgan fingerprint density at radius 3 is 2.86 bits per heavy atom. The number of ether oxygens (including phenoxy) is 1. The average Bonchev–Trinajstić information content (AvgIpc) is 2.42. The van der Waals surface area contributed by atoms with Gasteiger partial charge in [-0.05, 0) is 31.5 Å². The number of nitrogens with one attached hydrogen (secondary N) is 1. The first-order chi connectivity index (χ1) is 10.0. The van der Waals surface area contributed by atoms with Crippen molar-refractivity contribution in [1.29, 1.82) is 0 Å². The van der Waals surface area contributed by atoms with E-state index in [1.54, 1.807) is 25.1 Å². The largest absolute Gasteiger partial charge is 0.466 e. The Labute approximate surface area is 125 Å². The first-order valence-corrected chi connectivity index (χ1v) is 6.98. The number of benzene rings is 1. The molecule has 0 bridgehead atoms. The number of fused-ring (bicyclic) bond motifs is 1. The Kier molecular flexibility index (Phi) is 4.80. The lowest BCUT2D eigenvalue weighted by Crippen LogP contribution is -2.30. The topological polar surface area (TPSA) is 81.2 Å². The number of carbonyl (C=O) groups is 1. The molecule has 1 heterocycles. The van der Waals surface area contributed by atoms with Crippen LogP contribution in [0.15, 0.2) is 27.8 Å². The summed E-state index contributed by atoms with van der Waals surface area (Å²) in [4.78, 5) is 37.2. The van der Waals surface area contributed by atoms with Crippen molar-refractivity contribution < 1.29 is 9.53 Å². The number of H-pyrrole nitrogens is 1. The van der Waals surface area contributed by atoms with Gasteiger partial charge in [0.25, 0.3) is 5.56 Å². The monoisotopic (exact) mass is 310 g/mol. The van der Waals surface area contributed by atoms with Gasteiger partial charge in [-0.15, -0.1) is 0 Å². The first kappa shape index (κ1) is 15.3. The van der Waals surface area contributed by atoms with E-state index in [1.165, 1.54) is 4.57 Å². The van der Waals surface area contributed by atoms with E-state index in [0.717, 1.165) is 0 Å². The van der Waals surface area contributed by atoms with Crippen molar-refractivity contribution >= 4 is 28.5 Å². The van der Waals surface area contributed by atoms with E-state index in [9.17, 15) is 14.4 Å². The minimum Gasteiger partial charge on any atom is -0.466 e.